The Morgan fingerprint density at radius 2 is 2.10 bits per heavy atom. The van der Waals surface area contributed by atoms with Gasteiger partial charge in [-0.3, -0.25) is 10.1 Å². The molecule has 0 aliphatic heterocycles. The maximum atomic E-state index is 11.8. The van der Waals surface area contributed by atoms with Gasteiger partial charge in [-0.25, -0.2) is 0 Å². The molecule has 0 saturated carbocycles. The van der Waals surface area contributed by atoms with Crippen molar-refractivity contribution in [1.82, 2.24) is 10.2 Å². The molecule has 0 saturated heterocycles. The standard InChI is InChI=1S/C14H17N3OS2/c1-2-6-13-16-17-14(20-13)15-12(18)10-19-9-11-7-4-3-5-8-11/h3-5,7-8H,2,6,9-10H2,1H3,(H,15,17,18). The van der Waals surface area contributed by atoms with Crippen molar-refractivity contribution < 1.29 is 4.79 Å². The number of carbonyl (C=O) groups excluding carboxylic acids is 1. The fourth-order valence-corrected chi connectivity index (χ4v) is 3.26. The van der Waals surface area contributed by atoms with Crippen molar-refractivity contribution in [1.29, 1.82) is 0 Å². The summed E-state index contributed by atoms with van der Waals surface area (Å²) in [6.07, 6.45) is 1.95. The van der Waals surface area contributed by atoms with Crippen molar-refractivity contribution in [2.45, 2.75) is 25.5 Å². The number of nitrogens with zero attached hydrogens (tertiary/aromatic N) is 2. The quantitative estimate of drug-likeness (QED) is 0.852. The minimum Gasteiger partial charge on any atom is -0.300 e. The highest BCUT2D eigenvalue weighted by Gasteiger charge is 2.07. The average molecular weight is 307 g/mol. The minimum absolute atomic E-state index is 0.0230. The van der Waals surface area contributed by atoms with E-state index in [9.17, 15) is 4.79 Å². The molecule has 0 unspecified atom stereocenters. The lowest BCUT2D eigenvalue weighted by atomic mass is 10.2. The summed E-state index contributed by atoms with van der Waals surface area (Å²) in [4.78, 5) is 11.8. The lowest BCUT2D eigenvalue weighted by Gasteiger charge is -2.01. The highest BCUT2D eigenvalue weighted by Crippen LogP contribution is 2.17. The monoisotopic (exact) mass is 307 g/mol. The SMILES string of the molecule is CCCc1nnc(NC(=O)CSCc2ccccc2)s1. The molecule has 4 nitrogen and oxygen atoms in total. The van der Waals surface area contributed by atoms with Crippen LogP contribution in [-0.4, -0.2) is 21.9 Å². The van der Waals surface area contributed by atoms with Crippen LogP contribution in [-0.2, 0) is 17.0 Å². The predicted molar refractivity (Wildman–Crippen MR) is 85.1 cm³/mol. The topological polar surface area (TPSA) is 54.9 Å². The molecule has 1 amide bonds. The van der Waals surface area contributed by atoms with Crippen molar-refractivity contribution in [3.05, 3.63) is 40.9 Å². The summed E-state index contributed by atoms with van der Waals surface area (Å²) >= 11 is 3.05. The number of anilines is 1. The fraction of sp³-hybridized carbons (Fsp3) is 0.357. The van der Waals surface area contributed by atoms with Crippen LogP contribution in [0, 0.1) is 0 Å². The van der Waals surface area contributed by atoms with Crippen LogP contribution in [0.25, 0.3) is 0 Å². The number of aromatic nitrogens is 2. The van der Waals surface area contributed by atoms with Crippen LogP contribution >= 0.6 is 23.1 Å². The van der Waals surface area contributed by atoms with Crippen molar-refractivity contribution in [3.63, 3.8) is 0 Å². The summed E-state index contributed by atoms with van der Waals surface area (Å²) in [5.41, 5.74) is 1.23. The minimum atomic E-state index is -0.0230. The highest BCUT2D eigenvalue weighted by atomic mass is 32.2. The Morgan fingerprint density at radius 3 is 2.85 bits per heavy atom. The zero-order valence-corrected chi connectivity index (χ0v) is 13.0. The van der Waals surface area contributed by atoms with Crippen LogP contribution in [0.5, 0.6) is 0 Å². The summed E-state index contributed by atoms with van der Waals surface area (Å²) in [5.74, 6) is 1.24. The second kappa shape index (κ2) is 8.01. The molecule has 106 valence electrons. The van der Waals surface area contributed by atoms with E-state index < -0.39 is 0 Å². The van der Waals surface area contributed by atoms with E-state index in [1.54, 1.807) is 11.8 Å². The summed E-state index contributed by atoms with van der Waals surface area (Å²) < 4.78 is 0. The molecule has 20 heavy (non-hydrogen) atoms. The first kappa shape index (κ1) is 15.0. The molecule has 2 rings (SSSR count). The number of hydrogen-bond donors (Lipinski definition) is 1. The van der Waals surface area contributed by atoms with Crippen molar-refractivity contribution >= 4 is 34.1 Å². The Kier molecular flexibility index (Phi) is 6.01. The van der Waals surface area contributed by atoms with E-state index >= 15 is 0 Å². The average Bonchev–Trinajstić information content (AvgIpc) is 2.88. The van der Waals surface area contributed by atoms with Crippen molar-refractivity contribution in [2.75, 3.05) is 11.1 Å². The molecule has 6 heteroatoms. The summed E-state index contributed by atoms with van der Waals surface area (Å²) in [5, 5.41) is 12.4. The first-order chi connectivity index (χ1) is 9.78. The Labute approximate surface area is 127 Å². The third-order valence-electron chi connectivity index (χ3n) is 2.52. The molecule has 0 aliphatic rings. The van der Waals surface area contributed by atoms with Gasteiger partial charge in [-0.15, -0.1) is 22.0 Å². The number of amides is 1. The molecule has 0 radical (unpaired) electrons. The third kappa shape index (κ3) is 4.94. The Bertz CT molecular complexity index is 542. The number of nitrogens with one attached hydrogen (secondary N) is 1. The molecular weight excluding hydrogens is 290 g/mol. The molecule has 1 aromatic carbocycles. The van der Waals surface area contributed by atoms with Crippen LogP contribution in [0.4, 0.5) is 5.13 Å². The molecule has 0 aliphatic carbocycles. The number of carbonyl (C=O) groups is 1. The molecular formula is C14H17N3OS2. The second-order valence-electron chi connectivity index (χ2n) is 4.28. The first-order valence-corrected chi connectivity index (χ1v) is 8.49. The normalized spacial score (nSPS) is 10.4. The van der Waals surface area contributed by atoms with Gasteiger partial charge in [-0.1, -0.05) is 48.6 Å². The summed E-state index contributed by atoms with van der Waals surface area (Å²) in [7, 11) is 0. The van der Waals surface area contributed by atoms with Gasteiger partial charge in [-0.05, 0) is 12.0 Å². The molecule has 0 spiro atoms. The van der Waals surface area contributed by atoms with Gasteiger partial charge in [0.15, 0.2) is 0 Å². The van der Waals surface area contributed by atoms with E-state index in [2.05, 4.69) is 34.6 Å². The second-order valence-corrected chi connectivity index (χ2v) is 6.33. The fourth-order valence-electron chi connectivity index (χ4n) is 1.61. The van der Waals surface area contributed by atoms with Crippen molar-refractivity contribution in [3.8, 4) is 0 Å². The molecule has 0 fully saturated rings. The molecule has 0 bridgehead atoms. The van der Waals surface area contributed by atoms with Gasteiger partial charge >= 0.3 is 0 Å². The Hall–Kier alpha value is -1.40. The number of benzene rings is 1. The van der Waals surface area contributed by atoms with E-state index in [1.165, 1.54) is 16.9 Å². The van der Waals surface area contributed by atoms with Gasteiger partial charge in [0.25, 0.3) is 0 Å². The highest BCUT2D eigenvalue weighted by molar-refractivity contribution is 7.99. The van der Waals surface area contributed by atoms with Crippen molar-refractivity contribution in [2.24, 2.45) is 0 Å². The van der Waals surface area contributed by atoms with Gasteiger partial charge in [0.05, 0.1) is 5.75 Å². The van der Waals surface area contributed by atoms with Gasteiger partial charge < -0.3 is 0 Å². The van der Waals surface area contributed by atoms with Crippen LogP contribution in [0.2, 0.25) is 0 Å². The van der Waals surface area contributed by atoms with E-state index in [4.69, 9.17) is 0 Å². The number of hydrogen-bond acceptors (Lipinski definition) is 5. The number of rotatable bonds is 7. The first-order valence-electron chi connectivity index (χ1n) is 6.52. The van der Waals surface area contributed by atoms with Gasteiger partial charge in [0.1, 0.15) is 5.01 Å². The van der Waals surface area contributed by atoms with Gasteiger partial charge in [0.2, 0.25) is 11.0 Å². The van der Waals surface area contributed by atoms with E-state index in [0.717, 1.165) is 23.6 Å². The van der Waals surface area contributed by atoms with E-state index in [0.29, 0.717) is 10.9 Å². The maximum absolute atomic E-state index is 11.8. The van der Waals surface area contributed by atoms with Gasteiger partial charge in [-0.2, -0.15) is 0 Å². The predicted octanol–water partition coefficient (Wildman–Crippen LogP) is 3.36. The third-order valence-corrected chi connectivity index (χ3v) is 4.42. The Morgan fingerprint density at radius 1 is 1.30 bits per heavy atom. The smallest absolute Gasteiger partial charge is 0.236 e. The van der Waals surface area contributed by atoms with Crippen LogP contribution in [0.1, 0.15) is 23.9 Å². The molecule has 0 atom stereocenters. The van der Waals surface area contributed by atoms with E-state index in [-0.39, 0.29) is 5.91 Å². The lowest BCUT2D eigenvalue weighted by molar-refractivity contribution is -0.113. The van der Waals surface area contributed by atoms with Crippen LogP contribution in [0.3, 0.4) is 0 Å². The largest absolute Gasteiger partial charge is 0.300 e. The number of thioether (sulfide) groups is 1. The summed E-state index contributed by atoms with van der Waals surface area (Å²) in [6, 6.07) is 10.1. The number of aryl methyl sites for hydroxylation is 1. The molecule has 1 aromatic heterocycles. The maximum Gasteiger partial charge on any atom is 0.236 e. The molecule has 1 heterocycles. The zero-order valence-electron chi connectivity index (χ0n) is 11.3. The van der Waals surface area contributed by atoms with Crippen LogP contribution < -0.4 is 5.32 Å². The zero-order chi connectivity index (χ0) is 14.2. The Balaban J connectivity index is 1.72. The molecule has 1 N–H and O–H groups in total. The molecule has 2 aromatic rings. The lowest BCUT2D eigenvalue weighted by Crippen LogP contribution is -2.13. The van der Waals surface area contributed by atoms with Crippen LogP contribution in [0.15, 0.2) is 30.3 Å². The van der Waals surface area contributed by atoms with Gasteiger partial charge in [0, 0.05) is 12.2 Å². The summed E-state index contributed by atoms with van der Waals surface area (Å²) in [6.45, 7) is 2.10. The van der Waals surface area contributed by atoms with E-state index in [1.807, 2.05) is 18.2 Å².